The van der Waals surface area contributed by atoms with E-state index in [2.05, 4.69) is 5.32 Å². The first-order chi connectivity index (χ1) is 15.3. The Balaban J connectivity index is 1.43. The molecule has 2 aliphatic heterocycles. The zero-order valence-electron chi connectivity index (χ0n) is 16.6. The topological polar surface area (TPSA) is 99.5 Å². The molecule has 0 aromatic heterocycles. The second kappa shape index (κ2) is 8.81. The minimum Gasteiger partial charge on any atom is -0.454 e. The highest BCUT2D eigenvalue weighted by molar-refractivity contribution is 8.00. The SMILES string of the molecule is N#Cc1ccc(Cl)cc1NC(=O)COC(=O)[C@@H]1CS[C@]2(c3ccc(F)cc3)CCC(=O)N12. The van der Waals surface area contributed by atoms with Crippen LogP contribution in [0.4, 0.5) is 10.1 Å². The smallest absolute Gasteiger partial charge is 0.330 e. The third kappa shape index (κ3) is 4.04. The number of rotatable bonds is 5. The molecule has 1 N–H and O–H groups in total. The number of ether oxygens (including phenoxy) is 1. The molecule has 164 valence electrons. The van der Waals surface area contributed by atoms with Crippen LogP contribution >= 0.6 is 23.4 Å². The van der Waals surface area contributed by atoms with Crippen LogP contribution in [0.15, 0.2) is 42.5 Å². The fraction of sp³-hybridized carbons (Fsp3) is 0.273. The van der Waals surface area contributed by atoms with Crippen LogP contribution in [-0.2, 0) is 24.0 Å². The Labute approximate surface area is 192 Å². The van der Waals surface area contributed by atoms with Crippen molar-refractivity contribution < 1.29 is 23.5 Å². The maximum Gasteiger partial charge on any atom is 0.330 e. The van der Waals surface area contributed by atoms with Crippen molar-refractivity contribution in [3.8, 4) is 6.07 Å². The molecule has 0 unspecified atom stereocenters. The predicted octanol–water partition coefficient (Wildman–Crippen LogP) is 3.42. The van der Waals surface area contributed by atoms with Crippen molar-refractivity contribution in [1.82, 2.24) is 4.90 Å². The van der Waals surface area contributed by atoms with E-state index in [1.807, 2.05) is 6.07 Å². The Kier molecular flexibility index (Phi) is 6.09. The molecule has 7 nitrogen and oxygen atoms in total. The number of hydrogen-bond donors (Lipinski definition) is 1. The van der Waals surface area contributed by atoms with E-state index in [9.17, 15) is 18.8 Å². The Bertz CT molecular complexity index is 1140. The number of halogens is 2. The average molecular weight is 474 g/mol. The molecule has 2 heterocycles. The average Bonchev–Trinajstić information content (AvgIpc) is 3.32. The lowest BCUT2D eigenvalue weighted by atomic mass is 10.0. The monoisotopic (exact) mass is 473 g/mol. The van der Waals surface area contributed by atoms with Crippen LogP contribution in [-0.4, -0.2) is 41.1 Å². The summed E-state index contributed by atoms with van der Waals surface area (Å²) >= 11 is 7.34. The number of carbonyl (C=O) groups is 3. The lowest BCUT2D eigenvalue weighted by molar-refractivity contribution is -0.155. The zero-order valence-corrected chi connectivity index (χ0v) is 18.2. The molecule has 2 saturated heterocycles. The van der Waals surface area contributed by atoms with Crippen LogP contribution in [0.2, 0.25) is 5.02 Å². The highest BCUT2D eigenvalue weighted by Gasteiger charge is 2.57. The molecule has 2 amide bonds. The van der Waals surface area contributed by atoms with Gasteiger partial charge in [-0.05, 0) is 42.3 Å². The maximum atomic E-state index is 13.4. The first-order valence-electron chi connectivity index (χ1n) is 9.72. The number of hydrogen-bond acceptors (Lipinski definition) is 6. The lowest BCUT2D eigenvalue weighted by Gasteiger charge is -2.33. The van der Waals surface area contributed by atoms with E-state index in [1.165, 1.54) is 47.0 Å². The van der Waals surface area contributed by atoms with E-state index in [0.29, 0.717) is 17.2 Å². The van der Waals surface area contributed by atoms with Crippen molar-refractivity contribution in [2.24, 2.45) is 0 Å². The Hall–Kier alpha value is -3.09. The Morgan fingerprint density at radius 1 is 1.31 bits per heavy atom. The second-order valence-corrected chi connectivity index (χ2v) is 9.07. The molecule has 4 rings (SSSR count). The number of carbonyl (C=O) groups excluding carboxylic acids is 3. The summed E-state index contributed by atoms with van der Waals surface area (Å²) in [6.45, 7) is -0.580. The van der Waals surface area contributed by atoms with E-state index >= 15 is 0 Å². The van der Waals surface area contributed by atoms with Gasteiger partial charge in [-0.3, -0.25) is 9.59 Å². The highest BCUT2D eigenvalue weighted by Crippen LogP contribution is 2.54. The minimum atomic E-state index is -0.853. The third-order valence-corrected chi connectivity index (χ3v) is 7.25. The minimum absolute atomic E-state index is 0.191. The van der Waals surface area contributed by atoms with E-state index in [-0.39, 0.29) is 29.4 Å². The Morgan fingerprint density at radius 3 is 2.78 bits per heavy atom. The van der Waals surface area contributed by atoms with Gasteiger partial charge in [-0.25, -0.2) is 9.18 Å². The summed E-state index contributed by atoms with van der Waals surface area (Å²) in [4.78, 5) is 38.4. The van der Waals surface area contributed by atoms with Gasteiger partial charge in [0, 0.05) is 17.2 Å². The normalized spacial score (nSPS) is 21.7. The van der Waals surface area contributed by atoms with Crippen molar-refractivity contribution >= 4 is 46.8 Å². The van der Waals surface area contributed by atoms with E-state index in [1.54, 1.807) is 12.1 Å². The van der Waals surface area contributed by atoms with E-state index in [0.717, 1.165) is 5.56 Å². The van der Waals surface area contributed by atoms with Gasteiger partial charge >= 0.3 is 5.97 Å². The molecule has 2 aliphatic rings. The molecule has 0 radical (unpaired) electrons. The first-order valence-corrected chi connectivity index (χ1v) is 11.1. The van der Waals surface area contributed by atoms with Crippen LogP contribution in [0, 0.1) is 17.1 Å². The number of thioether (sulfide) groups is 1. The molecule has 10 heteroatoms. The van der Waals surface area contributed by atoms with Crippen molar-refractivity contribution in [2.45, 2.75) is 23.8 Å². The van der Waals surface area contributed by atoms with Crippen LogP contribution in [0.25, 0.3) is 0 Å². The summed E-state index contributed by atoms with van der Waals surface area (Å²) in [6.07, 6.45) is 0.762. The number of nitriles is 1. The van der Waals surface area contributed by atoms with Crippen molar-refractivity contribution in [3.05, 3.63) is 64.4 Å². The quantitative estimate of drug-likeness (QED) is 0.668. The number of anilines is 1. The van der Waals surface area contributed by atoms with E-state index in [4.69, 9.17) is 21.6 Å². The molecular formula is C22H17ClFN3O4S. The molecule has 2 atom stereocenters. The highest BCUT2D eigenvalue weighted by atomic mass is 35.5. The molecule has 2 aromatic carbocycles. The molecule has 0 bridgehead atoms. The maximum absolute atomic E-state index is 13.4. The van der Waals surface area contributed by atoms with Gasteiger partial charge in [0.1, 0.15) is 22.8 Å². The van der Waals surface area contributed by atoms with Crippen LogP contribution in [0.5, 0.6) is 0 Å². The Morgan fingerprint density at radius 2 is 2.06 bits per heavy atom. The number of benzene rings is 2. The first kappa shape index (κ1) is 22.1. The zero-order chi connectivity index (χ0) is 22.9. The fourth-order valence-electron chi connectivity index (χ4n) is 3.96. The number of amides is 2. The molecular weight excluding hydrogens is 457 g/mol. The lowest BCUT2D eigenvalue weighted by Crippen LogP contribution is -2.47. The standard InChI is InChI=1S/C22H17ClFN3O4S/c23-15-4-1-13(10-25)17(9-15)26-19(28)11-31-21(30)18-12-32-22(8-7-20(29)27(18)22)14-2-5-16(24)6-3-14/h1-6,9,18H,7-8,11-12H2,(H,26,28)/t18-,22-/m0/s1. The summed E-state index contributed by atoms with van der Waals surface area (Å²) in [5.74, 6) is -1.61. The third-order valence-electron chi connectivity index (χ3n) is 5.42. The molecule has 0 saturated carbocycles. The summed E-state index contributed by atoms with van der Waals surface area (Å²) in [5.41, 5.74) is 1.17. The van der Waals surface area contributed by atoms with Gasteiger partial charge in [0.05, 0.1) is 11.3 Å². The van der Waals surface area contributed by atoms with Gasteiger partial charge in [-0.15, -0.1) is 11.8 Å². The molecule has 2 aromatic rings. The molecule has 32 heavy (non-hydrogen) atoms. The van der Waals surface area contributed by atoms with E-state index < -0.39 is 29.4 Å². The summed E-state index contributed by atoms with van der Waals surface area (Å²) < 4.78 is 18.6. The summed E-state index contributed by atoms with van der Waals surface area (Å²) in [7, 11) is 0. The van der Waals surface area contributed by atoms with Gasteiger partial charge in [0.25, 0.3) is 5.91 Å². The molecule has 2 fully saturated rings. The van der Waals surface area contributed by atoms with Gasteiger partial charge in [-0.2, -0.15) is 5.26 Å². The van der Waals surface area contributed by atoms with Gasteiger partial charge in [-0.1, -0.05) is 23.7 Å². The molecule has 0 spiro atoms. The van der Waals surface area contributed by atoms with Crippen LogP contribution < -0.4 is 5.32 Å². The van der Waals surface area contributed by atoms with Crippen molar-refractivity contribution in [2.75, 3.05) is 17.7 Å². The number of fused-ring (bicyclic) bond motifs is 1. The van der Waals surface area contributed by atoms with Crippen LogP contribution in [0.1, 0.15) is 24.0 Å². The van der Waals surface area contributed by atoms with Gasteiger partial charge in [0.15, 0.2) is 6.61 Å². The van der Waals surface area contributed by atoms with Crippen molar-refractivity contribution in [3.63, 3.8) is 0 Å². The summed E-state index contributed by atoms with van der Waals surface area (Å²) in [5, 5.41) is 12.0. The number of esters is 1. The summed E-state index contributed by atoms with van der Waals surface area (Å²) in [6, 6.07) is 11.4. The van der Waals surface area contributed by atoms with Crippen molar-refractivity contribution in [1.29, 1.82) is 5.26 Å². The largest absolute Gasteiger partial charge is 0.454 e. The van der Waals surface area contributed by atoms with Gasteiger partial charge in [0.2, 0.25) is 5.91 Å². The predicted molar refractivity (Wildman–Crippen MR) is 116 cm³/mol. The second-order valence-electron chi connectivity index (χ2n) is 7.34. The van der Waals surface area contributed by atoms with Crippen LogP contribution in [0.3, 0.4) is 0 Å². The molecule has 0 aliphatic carbocycles. The fourth-order valence-corrected chi connectivity index (χ4v) is 5.77. The number of nitrogens with zero attached hydrogens (tertiary/aromatic N) is 2. The number of nitrogens with one attached hydrogen (secondary N) is 1. The van der Waals surface area contributed by atoms with Gasteiger partial charge < -0.3 is 15.0 Å².